The van der Waals surface area contributed by atoms with E-state index in [9.17, 15) is 4.79 Å². The quantitative estimate of drug-likeness (QED) is 0.451. The highest BCUT2D eigenvalue weighted by atomic mass is 16.7. The van der Waals surface area contributed by atoms with Gasteiger partial charge in [0.15, 0.2) is 5.79 Å². The Labute approximate surface area is 120 Å². The summed E-state index contributed by atoms with van der Waals surface area (Å²) in [6, 6.07) is 0. The zero-order chi connectivity index (χ0) is 15.0. The highest BCUT2D eigenvalue weighted by molar-refractivity contribution is 5.74. The normalized spacial score (nSPS) is 31.7. The average molecular weight is 280 g/mol. The molecule has 1 heterocycles. The van der Waals surface area contributed by atoms with Crippen molar-refractivity contribution in [3.8, 4) is 0 Å². The van der Waals surface area contributed by atoms with Gasteiger partial charge in [-0.15, -0.1) is 0 Å². The number of methoxy groups -OCH3 is 1. The zero-order valence-electron chi connectivity index (χ0n) is 12.8. The Bertz CT molecular complexity index is 426. The molecule has 2 aliphatic rings. The fourth-order valence-corrected chi connectivity index (χ4v) is 2.66. The van der Waals surface area contributed by atoms with E-state index in [2.05, 4.69) is 20.4 Å². The maximum absolute atomic E-state index is 11.0. The third-order valence-electron chi connectivity index (χ3n) is 4.14. The third kappa shape index (κ3) is 2.87. The molecule has 4 nitrogen and oxygen atoms in total. The minimum atomic E-state index is -0.718. The monoisotopic (exact) mass is 280 g/mol. The summed E-state index contributed by atoms with van der Waals surface area (Å²) in [5, 5.41) is 0. The fraction of sp³-hybridized carbons (Fsp3) is 0.688. The van der Waals surface area contributed by atoms with Crippen LogP contribution in [0.15, 0.2) is 23.8 Å². The van der Waals surface area contributed by atoms with E-state index in [0.29, 0.717) is 25.2 Å². The van der Waals surface area contributed by atoms with Crippen LogP contribution in [0.2, 0.25) is 0 Å². The van der Waals surface area contributed by atoms with Crippen LogP contribution in [-0.2, 0) is 19.0 Å². The van der Waals surface area contributed by atoms with Crippen molar-refractivity contribution in [1.82, 2.24) is 0 Å². The summed E-state index contributed by atoms with van der Waals surface area (Å²) in [5.74, 6) is -0.809. The number of hydrogen-bond donors (Lipinski definition) is 0. The van der Waals surface area contributed by atoms with E-state index < -0.39 is 5.79 Å². The van der Waals surface area contributed by atoms with Crippen molar-refractivity contribution in [2.45, 2.75) is 39.1 Å². The number of aldehydes is 1. The molecule has 0 aromatic carbocycles. The van der Waals surface area contributed by atoms with E-state index in [-0.39, 0.29) is 17.4 Å². The number of ether oxygens (including phenoxy) is 3. The highest BCUT2D eigenvalue weighted by Gasteiger charge is 2.44. The smallest absolute Gasteiger partial charge is 0.188 e. The van der Waals surface area contributed by atoms with Crippen LogP contribution in [0.3, 0.4) is 0 Å². The molecule has 0 spiro atoms. The van der Waals surface area contributed by atoms with Gasteiger partial charge in [-0.2, -0.15) is 0 Å². The van der Waals surface area contributed by atoms with Crippen molar-refractivity contribution in [2.24, 2.45) is 11.3 Å². The molecule has 0 aromatic rings. The molecular formula is C16H24O4. The van der Waals surface area contributed by atoms with Gasteiger partial charge in [-0.1, -0.05) is 26.5 Å². The van der Waals surface area contributed by atoms with Crippen LogP contribution in [0.5, 0.6) is 0 Å². The first-order valence-corrected chi connectivity index (χ1v) is 6.97. The lowest BCUT2D eigenvalue weighted by molar-refractivity contribution is -0.269. The number of carbonyl (C=O) groups excluding carboxylic acids is 1. The number of hydrogen-bond acceptors (Lipinski definition) is 4. The van der Waals surface area contributed by atoms with Gasteiger partial charge in [-0.3, -0.25) is 4.79 Å². The second-order valence-corrected chi connectivity index (χ2v) is 6.58. The molecule has 1 fully saturated rings. The lowest BCUT2D eigenvalue weighted by Gasteiger charge is -2.42. The Morgan fingerprint density at radius 3 is 2.50 bits per heavy atom. The minimum absolute atomic E-state index is 0.0329. The predicted molar refractivity (Wildman–Crippen MR) is 76.3 cm³/mol. The maximum Gasteiger partial charge on any atom is 0.188 e. The Hall–Kier alpha value is -0.970. The number of rotatable bonds is 4. The van der Waals surface area contributed by atoms with Crippen LogP contribution in [-0.4, -0.2) is 38.5 Å². The van der Waals surface area contributed by atoms with E-state index in [1.54, 1.807) is 7.11 Å². The Morgan fingerprint density at radius 1 is 1.40 bits per heavy atom. The van der Waals surface area contributed by atoms with Crippen molar-refractivity contribution >= 4 is 6.29 Å². The summed E-state index contributed by atoms with van der Waals surface area (Å²) in [6.45, 7) is 11.3. The zero-order valence-corrected chi connectivity index (χ0v) is 12.8. The summed E-state index contributed by atoms with van der Waals surface area (Å²) >= 11 is 0. The van der Waals surface area contributed by atoms with Crippen molar-refractivity contribution < 1.29 is 19.0 Å². The molecular weight excluding hydrogens is 256 g/mol. The van der Waals surface area contributed by atoms with Crippen LogP contribution in [0.25, 0.3) is 0 Å². The second kappa shape index (κ2) is 5.43. The molecule has 1 aliphatic heterocycles. The van der Waals surface area contributed by atoms with E-state index >= 15 is 0 Å². The lowest BCUT2D eigenvalue weighted by Crippen LogP contribution is -2.46. The average Bonchev–Trinajstić information content (AvgIpc) is 2.86. The molecule has 2 rings (SSSR count). The largest absolute Gasteiger partial charge is 0.380 e. The van der Waals surface area contributed by atoms with E-state index in [0.717, 1.165) is 11.9 Å². The van der Waals surface area contributed by atoms with Gasteiger partial charge >= 0.3 is 0 Å². The van der Waals surface area contributed by atoms with Crippen LogP contribution in [0, 0.1) is 11.3 Å². The molecule has 0 bridgehead atoms. The first-order valence-electron chi connectivity index (χ1n) is 6.97. The van der Waals surface area contributed by atoms with Crippen molar-refractivity contribution in [3.63, 3.8) is 0 Å². The van der Waals surface area contributed by atoms with Gasteiger partial charge in [0.1, 0.15) is 6.29 Å². The summed E-state index contributed by atoms with van der Waals surface area (Å²) in [4.78, 5) is 11.0. The molecule has 0 saturated carbocycles. The second-order valence-electron chi connectivity index (χ2n) is 6.58. The summed E-state index contributed by atoms with van der Waals surface area (Å²) < 4.78 is 17.4. The molecule has 0 amide bonds. The van der Waals surface area contributed by atoms with E-state index in [1.807, 2.05) is 13.0 Å². The van der Waals surface area contributed by atoms with Gasteiger partial charge in [-0.05, 0) is 18.1 Å². The van der Waals surface area contributed by atoms with Gasteiger partial charge in [-0.25, -0.2) is 0 Å². The van der Waals surface area contributed by atoms with Gasteiger partial charge in [0, 0.05) is 24.9 Å². The summed E-state index contributed by atoms with van der Waals surface area (Å²) in [6.07, 6.45) is 3.44. The van der Waals surface area contributed by atoms with Crippen molar-refractivity contribution in [1.29, 1.82) is 0 Å². The molecule has 0 N–H and O–H groups in total. The first-order chi connectivity index (χ1) is 9.31. The number of carbonyl (C=O) groups is 1. The molecule has 0 aromatic heterocycles. The SMILES string of the molecule is C=C(C=O)[C@@H]1C=C(C2(C)OCC(C)(C)CO2)C[C@@H]1OC. The van der Waals surface area contributed by atoms with E-state index in [4.69, 9.17) is 14.2 Å². The van der Waals surface area contributed by atoms with Crippen molar-refractivity contribution in [3.05, 3.63) is 23.8 Å². The molecule has 20 heavy (non-hydrogen) atoms. The molecule has 112 valence electrons. The van der Waals surface area contributed by atoms with E-state index in [1.165, 1.54) is 0 Å². The van der Waals surface area contributed by atoms with Crippen LogP contribution >= 0.6 is 0 Å². The summed E-state index contributed by atoms with van der Waals surface area (Å²) in [5.41, 5.74) is 1.60. The Kier molecular flexibility index (Phi) is 4.19. The molecule has 1 aliphatic carbocycles. The lowest BCUT2D eigenvalue weighted by atomic mass is 9.93. The highest BCUT2D eigenvalue weighted by Crippen LogP contribution is 2.41. The Morgan fingerprint density at radius 2 is 2.00 bits per heavy atom. The fourth-order valence-electron chi connectivity index (χ4n) is 2.66. The maximum atomic E-state index is 11.0. The molecule has 0 radical (unpaired) electrons. The molecule has 4 heteroatoms. The Balaban J connectivity index is 2.17. The first kappa shape index (κ1) is 15.4. The van der Waals surface area contributed by atoms with Gasteiger partial charge in [0.25, 0.3) is 0 Å². The van der Waals surface area contributed by atoms with Gasteiger partial charge < -0.3 is 14.2 Å². The van der Waals surface area contributed by atoms with Crippen LogP contribution < -0.4 is 0 Å². The van der Waals surface area contributed by atoms with Gasteiger partial charge in [0.2, 0.25) is 0 Å². The molecule has 2 atom stereocenters. The molecule has 0 unspecified atom stereocenters. The topological polar surface area (TPSA) is 44.8 Å². The summed E-state index contributed by atoms with van der Waals surface area (Å²) in [7, 11) is 1.65. The minimum Gasteiger partial charge on any atom is -0.380 e. The van der Waals surface area contributed by atoms with Gasteiger partial charge in [0.05, 0.1) is 19.3 Å². The predicted octanol–water partition coefficient (Wildman–Crippen LogP) is 2.49. The third-order valence-corrected chi connectivity index (χ3v) is 4.14. The van der Waals surface area contributed by atoms with Crippen LogP contribution in [0.1, 0.15) is 27.2 Å². The van der Waals surface area contributed by atoms with Crippen molar-refractivity contribution in [2.75, 3.05) is 20.3 Å². The molecule has 1 saturated heterocycles. The standard InChI is InChI=1S/C16H24O4/c1-11(8-17)13-6-12(7-14(13)18-5)16(4)19-9-15(2,3)10-20-16/h6,8,13-14H,1,7,9-10H2,2-5H3/t13-,14-/m0/s1. The van der Waals surface area contributed by atoms with Crippen LogP contribution in [0.4, 0.5) is 0 Å².